The van der Waals surface area contributed by atoms with Gasteiger partial charge in [0, 0.05) is 30.2 Å². The van der Waals surface area contributed by atoms with Gasteiger partial charge < -0.3 is 20.1 Å². The molecule has 8 rings (SSSR count). The minimum atomic E-state index is -5.27. The molecule has 2 heterocycles. The molecule has 0 saturated heterocycles. The molecule has 4 N–H and O–H groups in total. The van der Waals surface area contributed by atoms with Gasteiger partial charge in [-0.3, -0.25) is 9.11 Å². The fourth-order valence-electron chi connectivity index (χ4n) is 6.06. The van der Waals surface area contributed by atoms with Crippen molar-refractivity contribution in [3.05, 3.63) is 157 Å². The number of hydrogen-bond acceptors (Lipinski definition) is 12. The van der Waals surface area contributed by atoms with Crippen LogP contribution in [0, 0.1) is 0 Å². The van der Waals surface area contributed by atoms with Crippen molar-refractivity contribution in [2.45, 2.75) is 9.79 Å². The van der Waals surface area contributed by atoms with Crippen molar-refractivity contribution < 1.29 is 35.4 Å². The van der Waals surface area contributed by atoms with Gasteiger partial charge in [0.05, 0.1) is 5.69 Å². The summed E-state index contributed by atoms with van der Waals surface area (Å²) < 4.78 is 83.3. The summed E-state index contributed by atoms with van der Waals surface area (Å²) in [5.41, 5.74) is 0.554. The van der Waals surface area contributed by atoms with Gasteiger partial charge in [0.1, 0.15) is 21.3 Å². The fourth-order valence-corrected chi connectivity index (χ4v) is 8.22. The van der Waals surface area contributed by atoms with Crippen LogP contribution in [-0.4, -0.2) is 45.9 Å². The first kappa shape index (κ1) is 37.7. The van der Waals surface area contributed by atoms with Crippen LogP contribution in [0.25, 0.3) is 33.7 Å². The average molecular weight is 811 g/mol. The van der Waals surface area contributed by atoms with E-state index in [1.165, 1.54) is 36.5 Å². The van der Waals surface area contributed by atoms with Gasteiger partial charge >= 0.3 is 0 Å². The summed E-state index contributed by atoms with van der Waals surface area (Å²) in [5, 5.41) is 9.79. The van der Waals surface area contributed by atoms with E-state index in [0.29, 0.717) is 28.6 Å². The molecule has 16 heteroatoms. The molecule has 0 aliphatic rings. The molecule has 288 valence electrons. The Morgan fingerprint density at radius 2 is 1.03 bits per heavy atom. The highest BCUT2D eigenvalue weighted by atomic mass is 32.2. The summed E-state index contributed by atoms with van der Waals surface area (Å²) in [6.45, 7) is 0. The van der Waals surface area contributed by atoms with Gasteiger partial charge in [-0.05, 0) is 75.1 Å². The first-order chi connectivity index (χ1) is 27.9. The van der Waals surface area contributed by atoms with E-state index in [0.717, 1.165) is 21.5 Å². The molecule has 0 radical (unpaired) electrons. The number of nitrogens with zero attached hydrogens (tertiary/aromatic N) is 4. The van der Waals surface area contributed by atoms with E-state index in [-0.39, 0.29) is 23.3 Å². The largest absolute Gasteiger partial charge is 0.439 e. The van der Waals surface area contributed by atoms with Crippen LogP contribution in [0.2, 0.25) is 0 Å². The van der Waals surface area contributed by atoms with Gasteiger partial charge in [0.25, 0.3) is 20.2 Å². The minimum Gasteiger partial charge on any atom is -0.439 e. The van der Waals surface area contributed by atoms with Crippen LogP contribution in [0.5, 0.6) is 23.3 Å². The van der Waals surface area contributed by atoms with E-state index < -0.39 is 35.7 Å². The van der Waals surface area contributed by atoms with Crippen LogP contribution >= 0.6 is 0 Å². The summed E-state index contributed by atoms with van der Waals surface area (Å²) in [4.78, 5) is 14.9. The Balaban J connectivity index is 1.000. The van der Waals surface area contributed by atoms with Crippen molar-refractivity contribution >= 4 is 77.2 Å². The highest BCUT2D eigenvalue weighted by Crippen LogP contribution is 2.35. The Labute approximate surface area is 332 Å². The molecule has 2 aromatic heterocycles. The van der Waals surface area contributed by atoms with Crippen molar-refractivity contribution in [3.8, 4) is 23.3 Å². The third kappa shape index (κ3) is 8.75. The smallest absolute Gasteiger partial charge is 0.298 e. The second kappa shape index (κ2) is 15.7. The zero-order valence-corrected chi connectivity index (χ0v) is 31.6. The minimum absolute atomic E-state index is 0.0870. The number of fused-ring (bicyclic) bond motifs is 2. The summed E-state index contributed by atoms with van der Waals surface area (Å²) in [5.74, 6) is 1.61. The van der Waals surface area contributed by atoms with Gasteiger partial charge in [-0.25, -0.2) is 9.97 Å². The molecule has 0 bridgehead atoms. The lowest BCUT2D eigenvalue weighted by atomic mass is 10.1. The lowest BCUT2D eigenvalue weighted by molar-refractivity contribution is 0.462. The molecule has 0 aliphatic heterocycles. The molecular weight excluding hydrogens is 781 g/mol. The Kier molecular flexibility index (Phi) is 10.2. The van der Waals surface area contributed by atoms with Gasteiger partial charge in [-0.2, -0.15) is 26.8 Å². The summed E-state index contributed by atoms with van der Waals surface area (Å²) >= 11 is 0. The van der Waals surface area contributed by atoms with Crippen LogP contribution in [0.1, 0.15) is 11.1 Å². The average Bonchev–Trinajstić information content (AvgIpc) is 3.20. The predicted molar refractivity (Wildman–Crippen MR) is 220 cm³/mol. The van der Waals surface area contributed by atoms with Crippen molar-refractivity contribution in [2.75, 3.05) is 10.6 Å². The van der Waals surface area contributed by atoms with Crippen LogP contribution in [0.4, 0.5) is 23.3 Å². The maximum atomic E-state index is 12.7. The Hall–Kier alpha value is -7.24. The second-order valence-corrected chi connectivity index (χ2v) is 15.4. The maximum Gasteiger partial charge on any atom is 0.298 e. The molecule has 0 spiro atoms. The van der Waals surface area contributed by atoms with Crippen LogP contribution in [-0.2, 0) is 20.2 Å². The predicted octanol–water partition coefficient (Wildman–Crippen LogP) is 9.31. The van der Waals surface area contributed by atoms with Crippen molar-refractivity contribution in [3.63, 3.8) is 0 Å². The Morgan fingerprint density at radius 1 is 0.517 bits per heavy atom. The molecule has 0 atom stereocenters. The normalized spacial score (nSPS) is 11.8. The third-order valence-corrected chi connectivity index (χ3v) is 10.7. The molecule has 0 fully saturated rings. The molecule has 0 unspecified atom stereocenters. The van der Waals surface area contributed by atoms with E-state index in [1.54, 1.807) is 42.6 Å². The number of aromatic nitrogens is 4. The van der Waals surface area contributed by atoms with Gasteiger partial charge in [0.2, 0.25) is 23.7 Å². The number of hydrogen-bond donors (Lipinski definition) is 4. The monoisotopic (exact) mass is 810 g/mol. The SMILES string of the molecule is O=S(=O)(O)c1c(C=Cc2ccc(Nc3nccc(Oc4ccc5ccccc5c4)n3)cc2)ccc(Nc2nccc(Oc3ccc4ccccc4c3)n2)c1S(=O)(=O)O. The molecule has 0 saturated carbocycles. The summed E-state index contributed by atoms with van der Waals surface area (Å²) in [7, 11) is -10.5. The first-order valence-corrected chi connectivity index (χ1v) is 20.3. The standard InChI is InChI=1S/C42H30N6O8S2/c49-57(50,51)39-30(12-9-27-10-16-33(17-11-27)45-41-43-23-21-37(47-41)55-34-18-13-28-5-1-3-7-31(28)25-34)15-20-36(40(39)58(52,53)54)46-42-44-24-22-38(48-42)56-35-19-14-29-6-2-4-8-32(29)26-35/h1-26H,(H,43,45,47)(H,44,46,48)(H,49,50,51)(H,52,53,54). The van der Waals surface area contributed by atoms with Gasteiger partial charge in [0.15, 0.2) is 0 Å². The quantitative estimate of drug-likeness (QED) is 0.0671. The highest BCUT2D eigenvalue weighted by Gasteiger charge is 2.30. The molecule has 8 aromatic rings. The first-order valence-electron chi connectivity index (χ1n) is 17.4. The molecule has 14 nitrogen and oxygen atoms in total. The van der Waals surface area contributed by atoms with Gasteiger partial charge in [-0.1, -0.05) is 91.0 Å². The fraction of sp³-hybridized carbons (Fsp3) is 0. The van der Waals surface area contributed by atoms with Crippen LogP contribution in [0.3, 0.4) is 0 Å². The lowest BCUT2D eigenvalue weighted by Gasteiger charge is -2.15. The van der Waals surface area contributed by atoms with Crippen molar-refractivity contribution in [2.24, 2.45) is 0 Å². The van der Waals surface area contributed by atoms with Crippen LogP contribution in [0.15, 0.2) is 156 Å². The summed E-state index contributed by atoms with van der Waals surface area (Å²) in [6, 6.07) is 39.2. The molecule has 0 aliphatic carbocycles. The van der Waals surface area contributed by atoms with E-state index >= 15 is 0 Å². The number of benzene rings is 6. The molecular formula is C42H30N6O8S2. The van der Waals surface area contributed by atoms with E-state index in [2.05, 4.69) is 30.6 Å². The number of rotatable bonds is 12. The summed E-state index contributed by atoms with van der Waals surface area (Å²) in [6.07, 6.45) is 5.69. The highest BCUT2D eigenvalue weighted by molar-refractivity contribution is 7.89. The van der Waals surface area contributed by atoms with Gasteiger partial charge in [-0.15, -0.1) is 0 Å². The van der Waals surface area contributed by atoms with Crippen molar-refractivity contribution in [1.29, 1.82) is 0 Å². The molecule has 6 aromatic carbocycles. The van der Waals surface area contributed by atoms with E-state index in [4.69, 9.17) is 9.47 Å². The zero-order chi connectivity index (χ0) is 40.3. The lowest BCUT2D eigenvalue weighted by Crippen LogP contribution is -2.13. The number of nitrogens with one attached hydrogen (secondary N) is 2. The second-order valence-electron chi connectivity index (χ2n) is 12.7. The van der Waals surface area contributed by atoms with Crippen molar-refractivity contribution in [1.82, 2.24) is 19.9 Å². The van der Waals surface area contributed by atoms with E-state index in [1.807, 2.05) is 78.9 Å². The van der Waals surface area contributed by atoms with Crippen LogP contribution < -0.4 is 20.1 Å². The Morgan fingerprint density at radius 3 is 1.57 bits per heavy atom. The number of anilines is 4. The number of ether oxygens (including phenoxy) is 2. The Bertz CT molecular complexity index is 3090. The van der Waals surface area contributed by atoms with E-state index in [9.17, 15) is 25.9 Å². The topological polar surface area (TPSA) is 203 Å². The molecule has 58 heavy (non-hydrogen) atoms. The molecule has 0 amide bonds. The maximum absolute atomic E-state index is 12.7. The zero-order valence-electron chi connectivity index (χ0n) is 30.0. The third-order valence-electron chi connectivity index (χ3n) is 8.67.